The van der Waals surface area contributed by atoms with Crippen molar-refractivity contribution in [1.82, 2.24) is 0 Å². The molecule has 3 aliphatic rings. The summed E-state index contributed by atoms with van der Waals surface area (Å²) in [7, 11) is 0. The summed E-state index contributed by atoms with van der Waals surface area (Å²) in [5.74, 6) is 10.8. The molecule has 3 rings (SSSR count). The average Bonchev–Trinajstić information content (AvgIpc) is 3.36. The van der Waals surface area contributed by atoms with Gasteiger partial charge in [0.15, 0.2) is 0 Å². The van der Waals surface area contributed by atoms with Crippen LogP contribution >= 0.6 is 47.0 Å². The quantitative estimate of drug-likeness (QED) is 0.493. The van der Waals surface area contributed by atoms with E-state index in [1.54, 1.807) is 0 Å². The zero-order chi connectivity index (χ0) is 13.6. The summed E-state index contributed by atoms with van der Waals surface area (Å²) in [6.45, 7) is 0. The minimum atomic E-state index is 0.960. The summed E-state index contributed by atoms with van der Waals surface area (Å²) >= 11 is 8.99. The van der Waals surface area contributed by atoms with E-state index in [9.17, 15) is 0 Å². The van der Waals surface area contributed by atoms with Crippen molar-refractivity contribution in [1.29, 1.82) is 0 Å². The smallest absolute Gasteiger partial charge is 0.0146 e. The molecule has 0 bridgehead atoms. The van der Waals surface area contributed by atoms with Crippen molar-refractivity contribution < 1.29 is 0 Å². The highest BCUT2D eigenvalue weighted by atomic mass is 32.2. The Bertz CT molecular complexity index is 240. The van der Waals surface area contributed by atoms with Crippen molar-refractivity contribution in [2.24, 2.45) is 11.8 Å². The molecular formula is C16H28S4. The second-order valence-corrected chi connectivity index (χ2v) is 11.5. The predicted molar refractivity (Wildman–Crippen MR) is 102 cm³/mol. The highest BCUT2D eigenvalue weighted by molar-refractivity contribution is 8.07. The van der Waals surface area contributed by atoms with Crippen LogP contribution < -0.4 is 0 Å². The third-order valence-electron chi connectivity index (χ3n) is 4.30. The van der Waals surface area contributed by atoms with Crippen LogP contribution in [-0.2, 0) is 0 Å². The number of rotatable bonds is 10. The van der Waals surface area contributed by atoms with Gasteiger partial charge in [0.1, 0.15) is 0 Å². The standard InChI is InChI=1S/C16H28S4/c1-2-13(1)9-17-7-5-15-11-20-16(12-19-15)6-8-18-10-14-3-4-14/h13-16H,1-12H2. The molecule has 2 aliphatic carbocycles. The van der Waals surface area contributed by atoms with Gasteiger partial charge in [-0.1, -0.05) is 0 Å². The first-order chi connectivity index (χ1) is 9.90. The van der Waals surface area contributed by atoms with Crippen molar-refractivity contribution in [3.8, 4) is 0 Å². The van der Waals surface area contributed by atoms with E-state index >= 15 is 0 Å². The highest BCUT2D eigenvalue weighted by Gasteiger charge is 2.24. The fraction of sp³-hybridized carbons (Fsp3) is 1.00. The van der Waals surface area contributed by atoms with Crippen LogP contribution in [0.1, 0.15) is 38.5 Å². The van der Waals surface area contributed by atoms with Crippen molar-refractivity contribution in [3.63, 3.8) is 0 Å². The molecule has 0 amide bonds. The molecule has 3 fully saturated rings. The molecule has 0 spiro atoms. The summed E-state index contributed by atoms with van der Waals surface area (Å²) in [5, 5.41) is 1.92. The Labute approximate surface area is 142 Å². The van der Waals surface area contributed by atoms with Crippen LogP contribution in [0.15, 0.2) is 0 Å². The topological polar surface area (TPSA) is 0 Å². The van der Waals surface area contributed by atoms with Crippen molar-refractivity contribution in [2.75, 3.05) is 34.5 Å². The Hall–Kier alpha value is 1.40. The van der Waals surface area contributed by atoms with E-state index in [1.165, 1.54) is 73.0 Å². The molecule has 2 atom stereocenters. The Balaban J connectivity index is 1.15. The third-order valence-corrected chi connectivity index (χ3v) is 10.1. The van der Waals surface area contributed by atoms with Crippen LogP contribution in [0.4, 0.5) is 0 Å². The molecule has 4 heteroatoms. The maximum atomic E-state index is 2.28. The molecule has 2 unspecified atom stereocenters. The van der Waals surface area contributed by atoms with Gasteiger partial charge in [0, 0.05) is 22.0 Å². The first-order valence-corrected chi connectivity index (χ1v) is 12.7. The second kappa shape index (κ2) is 8.88. The molecule has 20 heavy (non-hydrogen) atoms. The van der Waals surface area contributed by atoms with Gasteiger partial charge in [-0.3, -0.25) is 0 Å². The van der Waals surface area contributed by atoms with E-state index in [2.05, 4.69) is 47.0 Å². The van der Waals surface area contributed by atoms with Gasteiger partial charge in [-0.15, -0.1) is 0 Å². The number of thioether (sulfide) groups is 4. The first-order valence-electron chi connectivity index (χ1n) is 8.29. The van der Waals surface area contributed by atoms with E-state index in [-0.39, 0.29) is 0 Å². The zero-order valence-corrected chi connectivity index (χ0v) is 15.7. The molecule has 0 N–H and O–H groups in total. The van der Waals surface area contributed by atoms with Gasteiger partial charge in [0.25, 0.3) is 0 Å². The van der Waals surface area contributed by atoms with Gasteiger partial charge < -0.3 is 0 Å². The van der Waals surface area contributed by atoms with Crippen LogP contribution in [0, 0.1) is 11.8 Å². The normalized spacial score (nSPS) is 30.6. The molecule has 0 aromatic heterocycles. The van der Waals surface area contributed by atoms with Gasteiger partial charge >= 0.3 is 0 Å². The Morgan fingerprint density at radius 1 is 0.700 bits per heavy atom. The summed E-state index contributed by atoms with van der Waals surface area (Å²) in [5.41, 5.74) is 0. The average molecular weight is 349 g/mol. The maximum absolute atomic E-state index is 2.28. The fourth-order valence-electron chi connectivity index (χ4n) is 2.41. The Morgan fingerprint density at radius 3 is 1.50 bits per heavy atom. The molecule has 116 valence electrons. The van der Waals surface area contributed by atoms with E-state index in [0.29, 0.717) is 0 Å². The SMILES string of the molecule is C(CC1CSC(CCSCC2CC2)CS1)SCC1CC1. The van der Waals surface area contributed by atoms with Crippen molar-refractivity contribution in [2.45, 2.75) is 49.0 Å². The lowest BCUT2D eigenvalue weighted by molar-refractivity contribution is 0.868. The molecule has 1 aliphatic heterocycles. The minimum absolute atomic E-state index is 0.960. The Morgan fingerprint density at radius 2 is 1.15 bits per heavy atom. The third kappa shape index (κ3) is 6.66. The first kappa shape index (κ1) is 16.3. The molecule has 0 aromatic rings. The summed E-state index contributed by atoms with van der Waals surface area (Å²) in [6.07, 6.45) is 8.97. The minimum Gasteiger partial charge on any atom is -0.162 e. The van der Waals surface area contributed by atoms with E-state index in [0.717, 1.165) is 22.3 Å². The molecule has 0 radical (unpaired) electrons. The monoisotopic (exact) mass is 348 g/mol. The fourth-order valence-corrected chi connectivity index (χ4v) is 8.40. The summed E-state index contributed by atoms with van der Waals surface area (Å²) in [6, 6.07) is 0. The summed E-state index contributed by atoms with van der Waals surface area (Å²) < 4.78 is 0. The van der Waals surface area contributed by atoms with Gasteiger partial charge in [-0.25, -0.2) is 0 Å². The molecule has 2 saturated carbocycles. The molecule has 1 saturated heterocycles. The number of hydrogen-bond acceptors (Lipinski definition) is 4. The molecule has 0 aromatic carbocycles. The maximum Gasteiger partial charge on any atom is 0.0146 e. The second-order valence-electron chi connectivity index (χ2n) is 6.52. The summed E-state index contributed by atoms with van der Waals surface area (Å²) in [4.78, 5) is 0. The lowest BCUT2D eigenvalue weighted by Gasteiger charge is -2.27. The van der Waals surface area contributed by atoms with Crippen LogP contribution in [0.25, 0.3) is 0 Å². The highest BCUT2D eigenvalue weighted by Crippen LogP contribution is 2.37. The van der Waals surface area contributed by atoms with Crippen LogP contribution in [0.5, 0.6) is 0 Å². The molecular weight excluding hydrogens is 320 g/mol. The van der Waals surface area contributed by atoms with E-state index < -0.39 is 0 Å². The van der Waals surface area contributed by atoms with Gasteiger partial charge in [-0.05, 0) is 73.4 Å². The number of hydrogen-bond donors (Lipinski definition) is 0. The lowest BCUT2D eigenvalue weighted by atomic mass is 10.3. The molecule has 0 nitrogen and oxygen atoms in total. The van der Waals surface area contributed by atoms with Crippen LogP contribution in [0.3, 0.4) is 0 Å². The van der Waals surface area contributed by atoms with Gasteiger partial charge in [0.2, 0.25) is 0 Å². The van der Waals surface area contributed by atoms with Crippen molar-refractivity contribution in [3.05, 3.63) is 0 Å². The molecule has 1 heterocycles. The van der Waals surface area contributed by atoms with E-state index in [4.69, 9.17) is 0 Å². The van der Waals surface area contributed by atoms with Gasteiger partial charge in [-0.2, -0.15) is 47.0 Å². The lowest BCUT2D eigenvalue weighted by Crippen LogP contribution is -2.22. The Kier molecular flexibility index (Phi) is 7.22. The largest absolute Gasteiger partial charge is 0.162 e. The van der Waals surface area contributed by atoms with Crippen LogP contribution in [0.2, 0.25) is 0 Å². The van der Waals surface area contributed by atoms with Crippen LogP contribution in [-0.4, -0.2) is 45.0 Å². The zero-order valence-electron chi connectivity index (χ0n) is 12.4. The van der Waals surface area contributed by atoms with E-state index in [1.807, 2.05) is 0 Å². The predicted octanol–water partition coefficient (Wildman–Crippen LogP) is 5.27. The van der Waals surface area contributed by atoms with Gasteiger partial charge in [0.05, 0.1) is 0 Å². The van der Waals surface area contributed by atoms with Crippen molar-refractivity contribution >= 4 is 47.0 Å².